The summed E-state index contributed by atoms with van der Waals surface area (Å²) in [6.07, 6.45) is -3.87. The minimum Gasteiger partial charge on any atom is -0.383 e. The van der Waals surface area contributed by atoms with Crippen molar-refractivity contribution in [2.24, 2.45) is 0 Å². The first-order valence-corrected chi connectivity index (χ1v) is 13.9. The molecule has 0 N–H and O–H groups in total. The van der Waals surface area contributed by atoms with Crippen molar-refractivity contribution < 1.29 is 35.9 Å². The molecule has 5 rings (SSSR count). The van der Waals surface area contributed by atoms with Crippen LogP contribution in [0.4, 0.5) is 32.2 Å². The van der Waals surface area contributed by atoms with Crippen molar-refractivity contribution in [2.75, 3.05) is 37.5 Å². The van der Waals surface area contributed by atoms with Crippen molar-refractivity contribution in [3.8, 4) is 11.1 Å². The van der Waals surface area contributed by atoms with Crippen LogP contribution in [-0.4, -0.2) is 65.0 Å². The topological polar surface area (TPSA) is 67.7 Å². The number of methoxy groups -OCH3 is 1. The van der Waals surface area contributed by atoms with Gasteiger partial charge in [-0.3, -0.25) is 9.36 Å². The van der Waals surface area contributed by atoms with E-state index in [-0.39, 0.29) is 59.0 Å². The molecule has 3 aromatic rings. The third-order valence-corrected chi connectivity index (χ3v) is 8.76. The standard InChI is InChI=1S/C28H26F6N4O3S/c1-5-22(39)37-13(2)9-36(10-14(37)3)26-17-6-18(28(32,33)34)23(16-7-20(30)21(31)8-19(16)29)25-24(17)38(27(40)35-26)15(11-41-4)12-42-25/h5-8,13-15H,1,9-12H2,2-4H3. The number of ether oxygens (including phenoxy) is 1. The van der Waals surface area contributed by atoms with E-state index in [1.54, 1.807) is 23.6 Å². The molecule has 1 amide bonds. The molecule has 224 valence electrons. The van der Waals surface area contributed by atoms with E-state index in [0.717, 1.165) is 17.8 Å². The van der Waals surface area contributed by atoms with Crippen molar-refractivity contribution in [3.05, 3.63) is 64.4 Å². The minimum absolute atomic E-state index is 0.0279. The maximum Gasteiger partial charge on any atom is 0.417 e. The lowest BCUT2D eigenvalue weighted by Crippen LogP contribution is -2.58. The zero-order chi connectivity index (χ0) is 30.7. The number of carbonyl (C=O) groups excluding carboxylic acids is 1. The summed E-state index contributed by atoms with van der Waals surface area (Å²) < 4.78 is 93.7. The maximum absolute atomic E-state index is 15.1. The highest BCUT2D eigenvalue weighted by Gasteiger charge is 2.41. The number of benzene rings is 2. The van der Waals surface area contributed by atoms with Crippen LogP contribution >= 0.6 is 11.8 Å². The van der Waals surface area contributed by atoms with Gasteiger partial charge in [-0.05, 0) is 32.1 Å². The van der Waals surface area contributed by atoms with E-state index in [9.17, 15) is 31.5 Å². The molecule has 0 bridgehead atoms. The predicted octanol–water partition coefficient (Wildman–Crippen LogP) is 5.40. The molecule has 0 aliphatic carbocycles. The van der Waals surface area contributed by atoms with E-state index in [2.05, 4.69) is 11.6 Å². The zero-order valence-corrected chi connectivity index (χ0v) is 23.6. The summed E-state index contributed by atoms with van der Waals surface area (Å²) in [5.41, 5.74) is -3.47. The van der Waals surface area contributed by atoms with Gasteiger partial charge in [-0.15, -0.1) is 11.8 Å². The molecular formula is C28H26F6N4O3S. The van der Waals surface area contributed by atoms with Crippen LogP contribution in [0.25, 0.3) is 22.0 Å². The lowest BCUT2D eigenvalue weighted by atomic mass is 9.95. The summed E-state index contributed by atoms with van der Waals surface area (Å²) in [5, 5.41) is -0.0279. The summed E-state index contributed by atoms with van der Waals surface area (Å²) in [6, 6.07) is -0.0645. The third kappa shape index (κ3) is 4.93. The van der Waals surface area contributed by atoms with Crippen LogP contribution in [0.1, 0.15) is 25.5 Å². The number of carbonyl (C=O) groups is 1. The van der Waals surface area contributed by atoms with Crippen LogP contribution in [-0.2, 0) is 15.7 Å². The van der Waals surface area contributed by atoms with Gasteiger partial charge < -0.3 is 14.5 Å². The number of halogens is 6. The van der Waals surface area contributed by atoms with Crippen molar-refractivity contribution in [1.82, 2.24) is 14.5 Å². The summed E-state index contributed by atoms with van der Waals surface area (Å²) in [6.45, 7) is 7.39. The summed E-state index contributed by atoms with van der Waals surface area (Å²) in [7, 11) is 1.41. The van der Waals surface area contributed by atoms with Crippen LogP contribution in [0.5, 0.6) is 0 Å². The number of piperazine rings is 1. The number of aromatic nitrogens is 2. The second kappa shape index (κ2) is 11.0. The second-order valence-electron chi connectivity index (χ2n) is 10.3. The first-order valence-electron chi connectivity index (χ1n) is 12.9. The number of thioether (sulfide) groups is 1. The van der Waals surface area contributed by atoms with Crippen LogP contribution in [0.3, 0.4) is 0 Å². The van der Waals surface area contributed by atoms with Gasteiger partial charge in [0.05, 0.1) is 23.7 Å². The Balaban J connectivity index is 1.85. The van der Waals surface area contributed by atoms with E-state index in [4.69, 9.17) is 4.74 Å². The van der Waals surface area contributed by atoms with Crippen LogP contribution in [0.15, 0.2) is 40.5 Å². The van der Waals surface area contributed by atoms with E-state index in [1.165, 1.54) is 17.8 Å². The maximum atomic E-state index is 15.1. The Labute approximate surface area is 240 Å². The highest BCUT2D eigenvalue weighted by molar-refractivity contribution is 7.99. The molecule has 14 heteroatoms. The molecule has 1 fully saturated rings. The van der Waals surface area contributed by atoms with E-state index in [0.29, 0.717) is 6.07 Å². The molecule has 2 aliphatic rings. The molecule has 0 saturated carbocycles. The largest absolute Gasteiger partial charge is 0.417 e. The SMILES string of the molecule is C=CC(=O)N1C(C)CN(c2nc(=O)n3c4c(c(-c5cc(F)c(F)cc5F)c(C(F)(F)F)cc24)SCC3COC)CC1C. The average Bonchev–Trinajstić information content (AvgIpc) is 2.91. The third-order valence-electron chi connectivity index (χ3n) is 7.52. The van der Waals surface area contributed by atoms with Gasteiger partial charge in [0, 0.05) is 65.5 Å². The molecule has 0 spiro atoms. The van der Waals surface area contributed by atoms with Crippen molar-refractivity contribution >= 4 is 34.4 Å². The Morgan fingerprint density at radius 2 is 1.76 bits per heavy atom. The number of anilines is 1. The van der Waals surface area contributed by atoms with Crippen molar-refractivity contribution in [1.29, 1.82) is 0 Å². The van der Waals surface area contributed by atoms with Crippen LogP contribution < -0.4 is 10.6 Å². The molecular weight excluding hydrogens is 586 g/mol. The summed E-state index contributed by atoms with van der Waals surface area (Å²) >= 11 is 0.939. The smallest absolute Gasteiger partial charge is 0.383 e. The molecule has 2 aliphatic heterocycles. The molecule has 3 atom stereocenters. The van der Waals surface area contributed by atoms with Gasteiger partial charge in [0.15, 0.2) is 11.6 Å². The summed E-state index contributed by atoms with van der Waals surface area (Å²) in [4.78, 5) is 33.3. The lowest BCUT2D eigenvalue weighted by Gasteiger charge is -2.45. The molecule has 2 aromatic carbocycles. The number of rotatable bonds is 5. The number of nitrogens with zero attached hydrogens (tertiary/aromatic N) is 4. The van der Waals surface area contributed by atoms with Gasteiger partial charge in [0.2, 0.25) is 5.91 Å². The van der Waals surface area contributed by atoms with Gasteiger partial charge >= 0.3 is 11.9 Å². The molecule has 0 radical (unpaired) electrons. The summed E-state index contributed by atoms with van der Waals surface area (Å²) in [5.74, 6) is -4.72. The minimum atomic E-state index is -5.05. The molecule has 3 unspecified atom stereocenters. The van der Waals surface area contributed by atoms with E-state index < -0.39 is 64.1 Å². The Kier molecular flexibility index (Phi) is 7.81. The number of hydrogen-bond donors (Lipinski definition) is 0. The van der Waals surface area contributed by atoms with Gasteiger partial charge in [0.25, 0.3) is 0 Å². The molecule has 1 saturated heterocycles. The van der Waals surface area contributed by atoms with E-state index in [1.807, 2.05) is 0 Å². The number of amides is 1. The van der Waals surface area contributed by atoms with Gasteiger partial charge in [-0.1, -0.05) is 6.58 Å². The first-order chi connectivity index (χ1) is 19.8. The second-order valence-corrected chi connectivity index (χ2v) is 11.4. The van der Waals surface area contributed by atoms with Crippen LogP contribution in [0, 0.1) is 17.5 Å². The van der Waals surface area contributed by atoms with Gasteiger partial charge in [-0.2, -0.15) is 18.2 Å². The Bertz CT molecular complexity index is 1650. The Morgan fingerprint density at radius 3 is 2.36 bits per heavy atom. The molecule has 7 nitrogen and oxygen atoms in total. The highest BCUT2D eigenvalue weighted by atomic mass is 32.2. The molecule has 3 heterocycles. The fourth-order valence-corrected chi connectivity index (χ4v) is 7.20. The predicted molar refractivity (Wildman–Crippen MR) is 146 cm³/mol. The van der Waals surface area contributed by atoms with E-state index >= 15 is 4.39 Å². The fraction of sp³-hybridized carbons (Fsp3) is 0.393. The van der Waals surface area contributed by atoms with Gasteiger partial charge in [0.1, 0.15) is 11.6 Å². The monoisotopic (exact) mass is 612 g/mol. The highest BCUT2D eigenvalue weighted by Crippen LogP contribution is 2.50. The van der Waals surface area contributed by atoms with Gasteiger partial charge in [-0.25, -0.2) is 18.0 Å². The molecule has 1 aromatic heterocycles. The fourth-order valence-electron chi connectivity index (χ4n) is 5.89. The van der Waals surface area contributed by atoms with Crippen molar-refractivity contribution in [2.45, 2.75) is 43.0 Å². The average molecular weight is 613 g/mol. The Morgan fingerprint density at radius 1 is 1.12 bits per heavy atom. The first kappa shape index (κ1) is 30.0. The zero-order valence-electron chi connectivity index (χ0n) is 22.8. The van der Waals surface area contributed by atoms with Crippen LogP contribution in [0.2, 0.25) is 0 Å². The quantitative estimate of drug-likeness (QED) is 0.218. The number of hydrogen-bond acceptors (Lipinski definition) is 6. The lowest BCUT2D eigenvalue weighted by molar-refractivity contribution is -0.137. The Hall–Kier alpha value is -3.52. The molecule has 42 heavy (non-hydrogen) atoms. The normalized spacial score (nSPS) is 20.7. The number of alkyl halides is 3. The van der Waals surface area contributed by atoms with Crippen molar-refractivity contribution in [3.63, 3.8) is 0 Å².